The Morgan fingerprint density at radius 3 is 2.46 bits per heavy atom. The molecular weight excluding hydrogens is 446 g/mol. The van der Waals surface area contributed by atoms with Crippen molar-refractivity contribution in [3.05, 3.63) is 82.7 Å². The van der Waals surface area contributed by atoms with E-state index in [1.54, 1.807) is 13.8 Å². The summed E-state index contributed by atoms with van der Waals surface area (Å²) >= 11 is 0. The number of carbonyl (C=O) groups is 3. The molecule has 2 aliphatic rings. The SMILES string of the molecule is CCOC(=O)C1=C(C)NC2=C(C(=O)[C@H](C(=O)OC)[C@H](C)C2)[C@H]1c1cccc(Oc2ccccc2)c1. The summed E-state index contributed by atoms with van der Waals surface area (Å²) in [7, 11) is 1.28. The normalized spacial score (nSPS) is 21.7. The highest BCUT2D eigenvalue weighted by molar-refractivity contribution is 6.12. The Balaban J connectivity index is 1.83. The van der Waals surface area contributed by atoms with Crippen molar-refractivity contribution in [2.45, 2.75) is 33.1 Å². The third kappa shape index (κ3) is 4.71. The Hall–Kier alpha value is -3.87. The molecule has 0 saturated heterocycles. The molecule has 4 rings (SSSR count). The highest BCUT2D eigenvalue weighted by atomic mass is 16.5. The maximum atomic E-state index is 13.8. The Bertz CT molecular complexity index is 1210. The predicted octanol–water partition coefficient (Wildman–Crippen LogP) is 4.66. The molecule has 0 bridgehead atoms. The van der Waals surface area contributed by atoms with Gasteiger partial charge in [-0.05, 0) is 56.0 Å². The van der Waals surface area contributed by atoms with E-state index in [1.165, 1.54) is 7.11 Å². The molecule has 0 spiro atoms. The second kappa shape index (κ2) is 10.2. The number of hydrogen-bond acceptors (Lipinski definition) is 7. The molecule has 2 aromatic rings. The maximum absolute atomic E-state index is 13.8. The first-order valence-corrected chi connectivity index (χ1v) is 11.7. The molecule has 1 aliphatic carbocycles. The molecule has 182 valence electrons. The first kappa shape index (κ1) is 24.3. The van der Waals surface area contributed by atoms with Crippen LogP contribution in [0.3, 0.4) is 0 Å². The Morgan fingerprint density at radius 2 is 1.77 bits per heavy atom. The highest BCUT2D eigenvalue weighted by Gasteiger charge is 2.47. The first-order chi connectivity index (χ1) is 16.8. The van der Waals surface area contributed by atoms with Crippen molar-refractivity contribution in [3.8, 4) is 11.5 Å². The second-order valence-corrected chi connectivity index (χ2v) is 8.74. The van der Waals surface area contributed by atoms with Gasteiger partial charge in [-0.3, -0.25) is 9.59 Å². The Labute approximate surface area is 204 Å². The van der Waals surface area contributed by atoms with Crippen molar-refractivity contribution in [3.63, 3.8) is 0 Å². The molecule has 1 N–H and O–H groups in total. The van der Waals surface area contributed by atoms with E-state index in [2.05, 4.69) is 5.32 Å². The van der Waals surface area contributed by atoms with Gasteiger partial charge in [-0.15, -0.1) is 0 Å². The topological polar surface area (TPSA) is 90.9 Å². The lowest BCUT2D eigenvalue weighted by atomic mass is 9.69. The molecule has 0 saturated carbocycles. The van der Waals surface area contributed by atoms with Crippen LogP contribution >= 0.6 is 0 Å². The van der Waals surface area contributed by atoms with Crippen LogP contribution in [0.15, 0.2) is 77.1 Å². The lowest BCUT2D eigenvalue weighted by Crippen LogP contribution is -2.43. The van der Waals surface area contributed by atoms with Crippen molar-refractivity contribution in [2.75, 3.05) is 13.7 Å². The van der Waals surface area contributed by atoms with E-state index in [-0.39, 0.29) is 18.3 Å². The summed E-state index contributed by atoms with van der Waals surface area (Å²) in [5, 5.41) is 3.25. The zero-order valence-corrected chi connectivity index (χ0v) is 20.3. The number of benzene rings is 2. The summed E-state index contributed by atoms with van der Waals surface area (Å²) in [5.74, 6) is -2.08. The molecule has 2 aromatic carbocycles. The number of carbonyl (C=O) groups excluding carboxylic acids is 3. The van der Waals surface area contributed by atoms with E-state index >= 15 is 0 Å². The van der Waals surface area contributed by atoms with Crippen LogP contribution in [0.4, 0.5) is 0 Å². The molecule has 7 heteroatoms. The summed E-state index contributed by atoms with van der Waals surface area (Å²) in [5.41, 5.74) is 2.77. The number of dihydropyridines is 1. The molecule has 3 atom stereocenters. The van der Waals surface area contributed by atoms with E-state index in [0.29, 0.717) is 46.0 Å². The average Bonchev–Trinajstić information content (AvgIpc) is 2.84. The zero-order valence-electron chi connectivity index (χ0n) is 20.3. The third-order valence-electron chi connectivity index (χ3n) is 6.41. The van der Waals surface area contributed by atoms with Gasteiger partial charge in [0.1, 0.15) is 17.4 Å². The number of Topliss-reactive ketones (excluding diaryl/α,β-unsaturated/α-hetero) is 1. The van der Waals surface area contributed by atoms with Crippen molar-refractivity contribution in [2.24, 2.45) is 11.8 Å². The lowest BCUT2D eigenvalue weighted by molar-refractivity contribution is -0.151. The van der Waals surface area contributed by atoms with E-state index < -0.39 is 23.8 Å². The van der Waals surface area contributed by atoms with Crippen LogP contribution in [0.1, 0.15) is 38.7 Å². The maximum Gasteiger partial charge on any atom is 0.336 e. The minimum Gasteiger partial charge on any atom is -0.468 e. The quantitative estimate of drug-likeness (QED) is 0.480. The third-order valence-corrected chi connectivity index (χ3v) is 6.41. The number of ether oxygens (including phenoxy) is 3. The molecule has 7 nitrogen and oxygen atoms in total. The van der Waals surface area contributed by atoms with Gasteiger partial charge in [0.2, 0.25) is 0 Å². The minimum absolute atomic E-state index is 0.196. The van der Waals surface area contributed by atoms with Gasteiger partial charge in [0.05, 0.1) is 19.3 Å². The molecular formula is C28H29NO6. The molecule has 0 fully saturated rings. The smallest absolute Gasteiger partial charge is 0.336 e. The number of nitrogens with one attached hydrogen (secondary N) is 1. The summed E-state index contributed by atoms with van der Waals surface area (Å²) < 4.78 is 16.3. The number of para-hydroxylation sites is 1. The van der Waals surface area contributed by atoms with Crippen LogP contribution in [0, 0.1) is 11.8 Å². The number of rotatable bonds is 6. The molecule has 0 unspecified atom stereocenters. The van der Waals surface area contributed by atoms with Crippen LogP contribution in [0.25, 0.3) is 0 Å². The predicted molar refractivity (Wildman–Crippen MR) is 129 cm³/mol. The molecule has 0 amide bonds. The van der Waals surface area contributed by atoms with E-state index in [0.717, 1.165) is 0 Å². The number of esters is 2. The van der Waals surface area contributed by atoms with Crippen LogP contribution in [0.2, 0.25) is 0 Å². The number of allylic oxidation sites excluding steroid dienone is 3. The van der Waals surface area contributed by atoms with Crippen LogP contribution in [-0.4, -0.2) is 31.4 Å². The fraction of sp³-hybridized carbons (Fsp3) is 0.321. The summed E-state index contributed by atoms with van der Waals surface area (Å²) in [6.45, 7) is 5.59. The van der Waals surface area contributed by atoms with Gasteiger partial charge in [0.15, 0.2) is 5.78 Å². The van der Waals surface area contributed by atoms with E-state index in [4.69, 9.17) is 14.2 Å². The van der Waals surface area contributed by atoms with Crippen molar-refractivity contribution < 1.29 is 28.6 Å². The van der Waals surface area contributed by atoms with Gasteiger partial charge in [0.25, 0.3) is 0 Å². The largest absolute Gasteiger partial charge is 0.468 e. The van der Waals surface area contributed by atoms with Crippen molar-refractivity contribution in [1.82, 2.24) is 5.32 Å². The molecule has 35 heavy (non-hydrogen) atoms. The number of ketones is 1. The van der Waals surface area contributed by atoms with Gasteiger partial charge >= 0.3 is 11.9 Å². The van der Waals surface area contributed by atoms with E-state index in [1.807, 2.05) is 61.5 Å². The molecule has 0 radical (unpaired) electrons. The van der Waals surface area contributed by atoms with Gasteiger partial charge < -0.3 is 19.5 Å². The number of methoxy groups -OCH3 is 1. The minimum atomic E-state index is -0.936. The first-order valence-electron chi connectivity index (χ1n) is 11.7. The van der Waals surface area contributed by atoms with Gasteiger partial charge in [-0.2, -0.15) is 0 Å². The fourth-order valence-electron chi connectivity index (χ4n) is 4.88. The standard InChI is InChI=1S/C28H29NO6/c1-5-34-28(32)23-17(3)29-21-14-16(2)22(27(31)33-4)26(30)25(21)24(23)18-10-9-13-20(15-18)35-19-11-7-6-8-12-19/h6-13,15-16,22,24,29H,5,14H2,1-4H3/t16-,22-,24+/m1/s1. The fourth-order valence-corrected chi connectivity index (χ4v) is 4.88. The van der Waals surface area contributed by atoms with Gasteiger partial charge in [0, 0.05) is 22.9 Å². The monoisotopic (exact) mass is 475 g/mol. The average molecular weight is 476 g/mol. The van der Waals surface area contributed by atoms with E-state index in [9.17, 15) is 14.4 Å². The summed E-state index contributed by atoms with van der Waals surface area (Å²) in [6.07, 6.45) is 0.477. The van der Waals surface area contributed by atoms with Crippen LogP contribution < -0.4 is 10.1 Å². The number of hydrogen-bond donors (Lipinski definition) is 1. The molecule has 0 aromatic heterocycles. The van der Waals surface area contributed by atoms with Crippen LogP contribution in [0.5, 0.6) is 11.5 Å². The summed E-state index contributed by atoms with van der Waals surface area (Å²) in [6, 6.07) is 16.7. The van der Waals surface area contributed by atoms with Gasteiger partial charge in [-0.25, -0.2) is 4.79 Å². The Morgan fingerprint density at radius 1 is 1.06 bits per heavy atom. The van der Waals surface area contributed by atoms with Crippen molar-refractivity contribution in [1.29, 1.82) is 0 Å². The molecule has 1 aliphatic heterocycles. The lowest BCUT2D eigenvalue weighted by Gasteiger charge is -2.38. The molecule has 1 heterocycles. The van der Waals surface area contributed by atoms with Crippen LogP contribution in [-0.2, 0) is 23.9 Å². The second-order valence-electron chi connectivity index (χ2n) is 8.74. The summed E-state index contributed by atoms with van der Waals surface area (Å²) in [4.78, 5) is 39.4. The Kier molecular flexibility index (Phi) is 7.05. The zero-order chi connectivity index (χ0) is 25.1. The van der Waals surface area contributed by atoms with Gasteiger partial charge in [-0.1, -0.05) is 37.3 Å². The highest BCUT2D eigenvalue weighted by Crippen LogP contribution is 2.46. The van der Waals surface area contributed by atoms with Crippen molar-refractivity contribution >= 4 is 17.7 Å².